The van der Waals surface area contributed by atoms with E-state index in [4.69, 9.17) is 4.74 Å². The lowest BCUT2D eigenvalue weighted by molar-refractivity contribution is 0.0727. The Balaban J connectivity index is 1.56. The topological polar surface area (TPSA) is 67.7 Å². The molecule has 0 saturated carbocycles. The molecule has 0 radical (unpaired) electrons. The number of nitrogens with zero attached hydrogens (tertiary/aromatic N) is 4. The van der Waals surface area contributed by atoms with Gasteiger partial charge in [0.25, 0.3) is 0 Å². The SMILES string of the molecule is CN(C)/C=N/c1nnc(SCc2ccc(C(=O)Oc3ccc(F)cc3F)cc2)s1. The third-order valence-corrected chi connectivity index (χ3v) is 5.48. The van der Waals surface area contributed by atoms with Gasteiger partial charge < -0.3 is 9.64 Å². The van der Waals surface area contributed by atoms with Crippen LogP contribution in [0.3, 0.4) is 0 Å². The average Bonchev–Trinajstić information content (AvgIpc) is 3.15. The Morgan fingerprint density at radius 2 is 1.97 bits per heavy atom. The monoisotopic (exact) mass is 434 g/mol. The molecule has 0 N–H and O–H groups in total. The van der Waals surface area contributed by atoms with Gasteiger partial charge in [-0.15, -0.1) is 10.2 Å². The first-order valence-corrected chi connectivity index (χ1v) is 10.1. The van der Waals surface area contributed by atoms with Crippen LogP contribution in [0.15, 0.2) is 51.8 Å². The van der Waals surface area contributed by atoms with Crippen LogP contribution >= 0.6 is 23.1 Å². The number of benzene rings is 2. The lowest BCUT2D eigenvalue weighted by Gasteiger charge is -2.06. The van der Waals surface area contributed by atoms with Crippen LogP contribution in [0.1, 0.15) is 15.9 Å². The first-order chi connectivity index (χ1) is 13.9. The number of esters is 1. The summed E-state index contributed by atoms with van der Waals surface area (Å²) in [7, 11) is 3.74. The van der Waals surface area contributed by atoms with Gasteiger partial charge in [-0.1, -0.05) is 35.2 Å². The van der Waals surface area contributed by atoms with Gasteiger partial charge in [0.15, 0.2) is 15.9 Å². The van der Waals surface area contributed by atoms with Crippen LogP contribution in [0.4, 0.5) is 13.9 Å². The Morgan fingerprint density at radius 3 is 2.66 bits per heavy atom. The normalized spacial score (nSPS) is 11.0. The van der Waals surface area contributed by atoms with Crippen LogP contribution in [0.2, 0.25) is 0 Å². The first-order valence-electron chi connectivity index (χ1n) is 8.34. The molecule has 0 amide bonds. The van der Waals surface area contributed by atoms with E-state index in [0.29, 0.717) is 17.0 Å². The number of aromatic nitrogens is 2. The molecule has 10 heteroatoms. The van der Waals surface area contributed by atoms with Crippen molar-refractivity contribution in [1.29, 1.82) is 0 Å². The summed E-state index contributed by atoms with van der Waals surface area (Å²) < 4.78 is 32.3. The second-order valence-corrected chi connectivity index (χ2v) is 8.19. The zero-order valence-electron chi connectivity index (χ0n) is 15.5. The minimum atomic E-state index is -0.933. The van der Waals surface area contributed by atoms with E-state index >= 15 is 0 Å². The smallest absolute Gasteiger partial charge is 0.343 e. The Morgan fingerprint density at radius 1 is 1.21 bits per heavy atom. The van der Waals surface area contributed by atoms with Gasteiger partial charge in [-0.05, 0) is 29.8 Å². The van der Waals surface area contributed by atoms with Crippen LogP contribution in [0, 0.1) is 11.6 Å². The molecule has 29 heavy (non-hydrogen) atoms. The van der Waals surface area contributed by atoms with Gasteiger partial charge in [-0.25, -0.2) is 18.6 Å². The Hall–Kier alpha value is -2.85. The van der Waals surface area contributed by atoms with Crippen molar-refractivity contribution in [3.8, 4) is 5.75 Å². The third kappa shape index (κ3) is 6.06. The number of carbonyl (C=O) groups excluding carboxylic acids is 1. The average molecular weight is 434 g/mol. The lowest BCUT2D eigenvalue weighted by Crippen LogP contribution is -2.09. The molecule has 0 bridgehead atoms. The third-order valence-electron chi connectivity index (χ3n) is 3.44. The van der Waals surface area contributed by atoms with Crippen LogP contribution in [0.25, 0.3) is 0 Å². The largest absolute Gasteiger partial charge is 0.420 e. The van der Waals surface area contributed by atoms with Crippen molar-refractivity contribution in [3.05, 3.63) is 65.2 Å². The minimum absolute atomic E-state index is 0.263. The summed E-state index contributed by atoms with van der Waals surface area (Å²) in [6, 6.07) is 9.49. The van der Waals surface area contributed by atoms with Gasteiger partial charge in [0.2, 0.25) is 5.13 Å². The van der Waals surface area contributed by atoms with E-state index in [9.17, 15) is 13.6 Å². The van der Waals surface area contributed by atoms with E-state index in [1.54, 1.807) is 30.6 Å². The van der Waals surface area contributed by atoms with E-state index in [0.717, 1.165) is 22.0 Å². The van der Waals surface area contributed by atoms with Crippen molar-refractivity contribution >= 4 is 40.5 Å². The molecule has 3 aromatic rings. The molecular weight excluding hydrogens is 418 g/mol. The van der Waals surface area contributed by atoms with Crippen LogP contribution in [-0.2, 0) is 5.75 Å². The highest BCUT2D eigenvalue weighted by atomic mass is 32.2. The number of aliphatic imine (C=N–C) groups is 1. The van der Waals surface area contributed by atoms with Gasteiger partial charge in [0.1, 0.15) is 5.82 Å². The maximum absolute atomic E-state index is 13.6. The summed E-state index contributed by atoms with van der Waals surface area (Å²) in [5, 5.41) is 8.65. The Labute approximate surface area is 174 Å². The quantitative estimate of drug-likeness (QED) is 0.179. The number of ether oxygens (including phenoxy) is 1. The predicted molar refractivity (Wildman–Crippen MR) is 109 cm³/mol. The highest BCUT2D eigenvalue weighted by Gasteiger charge is 2.13. The van der Waals surface area contributed by atoms with E-state index in [2.05, 4.69) is 15.2 Å². The molecule has 2 aromatic carbocycles. The van der Waals surface area contributed by atoms with E-state index in [1.165, 1.54) is 23.1 Å². The molecule has 1 heterocycles. The summed E-state index contributed by atoms with van der Waals surface area (Å²) in [5.74, 6) is -2.08. The fourth-order valence-corrected chi connectivity index (χ4v) is 3.71. The van der Waals surface area contributed by atoms with Gasteiger partial charge in [-0.2, -0.15) is 0 Å². The molecule has 0 atom stereocenters. The summed E-state index contributed by atoms with van der Waals surface area (Å²) in [6.45, 7) is 0. The molecule has 6 nitrogen and oxygen atoms in total. The van der Waals surface area contributed by atoms with Crippen molar-refractivity contribution < 1.29 is 18.3 Å². The summed E-state index contributed by atoms with van der Waals surface area (Å²) in [5.41, 5.74) is 1.23. The van der Waals surface area contributed by atoms with Crippen molar-refractivity contribution in [3.63, 3.8) is 0 Å². The second-order valence-electron chi connectivity index (χ2n) is 6.01. The predicted octanol–water partition coefficient (Wildman–Crippen LogP) is 4.55. The summed E-state index contributed by atoms with van der Waals surface area (Å²) in [4.78, 5) is 18.1. The Kier molecular flexibility index (Phi) is 6.89. The van der Waals surface area contributed by atoms with Gasteiger partial charge in [-0.3, -0.25) is 0 Å². The van der Waals surface area contributed by atoms with E-state index in [1.807, 2.05) is 19.0 Å². The zero-order chi connectivity index (χ0) is 20.8. The van der Waals surface area contributed by atoms with Gasteiger partial charge in [0, 0.05) is 25.9 Å². The fourth-order valence-electron chi connectivity index (χ4n) is 2.08. The van der Waals surface area contributed by atoms with Crippen molar-refractivity contribution in [2.75, 3.05) is 14.1 Å². The number of hydrogen-bond donors (Lipinski definition) is 0. The number of rotatable bonds is 7. The molecule has 0 saturated heterocycles. The van der Waals surface area contributed by atoms with Crippen molar-refractivity contribution in [1.82, 2.24) is 15.1 Å². The first kappa shape index (κ1) is 20.9. The maximum Gasteiger partial charge on any atom is 0.343 e. The molecule has 0 fully saturated rings. The molecule has 0 aliphatic carbocycles. The standard InChI is InChI=1S/C19H16F2N4O2S2/c1-25(2)11-22-18-23-24-19(29-18)28-10-12-3-5-13(6-4-12)17(26)27-16-8-7-14(20)9-15(16)21/h3-9,11H,10H2,1-2H3/b22-11+. The van der Waals surface area contributed by atoms with Crippen molar-refractivity contribution in [2.24, 2.45) is 4.99 Å². The number of halogens is 2. The molecule has 1 aromatic heterocycles. The summed E-state index contributed by atoms with van der Waals surface area (Å²) in [6.07, 6.45) is 1.66. The van der Waals surface area contributed by atoms with Crippen LogP contribution < -0.4 is 4.74 Å². The molecule has 0 spiro atoms. The number of carbonyl (C=O) groups is 1. The molecule has 3 rings (SSSR count). The summed E-state index contributed by atoms with van der Waals surface area (Å²) >= 11 is 2.89. The van der Waals surface area contributed by atoms with E-state index < -0.39 is 17.6 Å². The number of hydrogen-bond acceptors (Lipinski definition) is 7. The van der Waals surface area contributed by atoms with Crippen molar-refractivity contribution in [2.45, 2.75) is 10.1 Å². The molecule has 0 aliphatic heterocycles. The van der Waals surface area contributed by atoms with Gasteiger partial charge in [0.05, 0.1) is 11.9 Å². The molecule has 0 aliphatic rings. The zero-order valence-corrected chi connectivity index (χ0v) is 17.1. The Bertz CT molecular complexity index is 1020. The molecular formula is C19H16F2N4O2S2. The molecule has 150 valence electrons. The molecule has 0 unspecified atom stereocenters. The van der Waals surface area contributed by atoms with Gasteiger partial charge >= 0.3 is 5.97 Å². The minimum Gasteiger partial charge on any atom is -0.420 e. The van der Waals surface area contributed by atoms with E-state index in [-0.39, 0.29) is 11.3 Å². The van der Waals surface area contributed by atoms with Crippen LogP contribution in [-0.4, -0.2) is 41.5 Å². The maximum atomic E-state index is 13.6. The second kappa shape index (κ2) is 9.57. The fraction of sp³-hybridized carbons (Fsp3) is 0.158. The highest BCUT2D eigenvalue weighted by molar-refractivity contribution is 8.00. The lowest BCUT2D eigenvalue weighted by atomic mass is 10.1. The highest BCUT2D eigenvalue weighted by Crippen LogP contribution is 2.29. The van der Waals surface area contributed by atoms with Crippen LogP contribution in [0.5, 0.6) is 5.75 Å². The number of thioether (sulfide) groups is 1.